The van der Waals surface area contributed by atoms with Crippen molar-refractivity contribution in [1.82, 2.24) is 8.61 Å². The van der Waals surface area contributed by atoms with Crippen LogP contribution in [0.2, 0.25) is 0 Å². The number of carbonyl (C=O) groups excluding carboxylic acids is 1. The largest absolute Gasteiger partial charge is 0.409 e. The molecule has 2 atom stereocenters. The minimum absolute atomic E-state index is 0.00783. The molecule has 17 heteroatoms. The molecule has 3 aromatic carbocycles. The normalized spacial score (nSPS) is 19.6. The van der Waals surface area contributed by atoms with Gasteiger partial charge in [0.1, 0.15) is 11.6 Å². The van der Waals surface area contributed by atoms with Crippen LogP contribution in [0.5, 0.6) is 0 Å². The molecule has 3 aromatic rings. The van der Waals surface area contributed by atoms with Gasteiger partial charge in [0.15, 0.2) is 11.7 Å². The van der Waals surface area contributed by atoms with Crippen LogP contribution in [0, 0.1) is 11.6 Å². The van der Waals surface area contributed by atoms with Crippen molar-refractivity contribution in [2.24, 2.45) is 21.8 Å². The van der Waals surface area contributed by atoms with Crippen LogP contribution in [-0.4, -0.2) is 73.5 Å². The first-order valence-corrected chi connectivity index (χ1v) is 17.3. The van der Waals surface area contributed by atoms with Crippen LogP contribution in [0.1, 0.15) is 31.2 Å². The number of hydrogen-bond donors (Lipinski definition) is 3. The summed E-state index contributed by atoms with van der Waals surface area (Å²) < 4.78 is 78.7. The van der Waals surface area contributed by atoms with Crippen molar-refractivity contribution >= 4 is 37.7 Å². The molecule has 47 heavy (non-hydrogen) atoms. The molecule has 5 N–H and O–H groups in total. The summed E-state index contributed by atoms with van der Waals surface area (Å²) in [6.07, 6.45) is 2.18. The van der Waals surface area contributed by atoms with Gasteiger partial charge in [-0.25, -0.2) is 30.4 Å². The lowest BCUT2D eigenvalue weighted by Crippen LogP contribution is -2.44. The summed E-state index contributed by atoms with van der Waals surface area (Å²) in [4.78, 5) is 16.7. The molecule has 0 saturated carbocycles. The predicted octanol–water partition coefficient (Wildman–Crippen LogP) is 2.76. The molecule has 252 valence electrons. The predicted molar refractivity (Wildman–Crippen MR) is 168 cm³/mol. The zero-order valence-corrected chi connectivity index (χ0v) is 26.7. The van der Waals surface area contributed by atoms with Gasteiger partial charge in [-0.05, 0) is 79.8 Å². The second-order valence-corrected chi connectivity index (χ2v) is 14.4. The minimum atomic E-state index is -3.87. The molecule has 13 nitrogen and oxygen atoms in total. The third-order valence-electron chi connectivity index (χ3n) is 7.49. The number of hydrogen-bond acceptors (Lipinski definition) is 9. The van der Waals surface area contributed by atoms with Crippen molar-refractivity contribution in [2.45, 2.75) is 54.0 Å². The SMILES string of the molecule is N/C(=N\O)[C@@H]1CCCN1S(=O)(=O)c1ccc(F)cc1.N/C(=N\OC(=O)Cc1ccccc1)[C@@H]1CCCN1S(=O)(=O)c1ccc(F)cc1. The average Bonchev–Trinajstić information content (AvgIpc) is 3.76. The van der Waals surface area contributed by atoms with Crippen molar-refractivity contribution in [3.63, 3.8) is 0 Å². The van der Waals surface area contributed by atoms with Crippen molar-refractivity contribution in [2.75, 3.05) is 13.1 Å². The Morgan fingerprint density at radius 1 is 0.766 bits per heavy atom. The zero-order valence-electron chi connectivity index (χ0n) is 25.0. The maximum Gasteiger partial charge on any atom is 0.339 e. The van der Waals surface area contributed by atoms with Crippen LogP contribution in [0.15, 0.2) is 99.0 Å². The summed E-state index contributed by atoms with van der Waals surface area (Å²) in [7, 11) is -7.64. The van der Waals surface area contributed by atoms with Gasteiger partial charge in [0.2, 0.25) is 20.0 Å². The van der Waals surface area contributed by atoms with Gasteiger partial charge in [-0.2, -0.15) is 8.61 Å². The number of rotatable bonds is 9. The van der Waals surface area contributed by atoms with E-state index in [4.69, 9.17) is 21.5 Å². The van der Waals surface area contributed by atoms with Gasteiger partial charge >= 0.3 is 5.97 Å². The number of oxime groups is 2. The van der Waals surface area contributed by atoms with Crippen LogP contribution >= 0.6 is 0 Å². The first kappa shape index (κ1) is 35.4. The van der Waals surface area contributed by atoms with Crippen molar-refractivity contribution in [3.8, 4) is 0 Å². The Morgan fingerprint density at radius 3 is 1.66 bits per heavy atom. The van der Waals surface area contributed by atoms with Gasteiger partial charge in [0.25, 0.3) is 0 Å². The smallest absolute Gasteiger partial charge is 0.339 e. The fourth-order valence-electron chi connectivity index (χ4n) is 5.16. The molecule has 0 aliphatic carbocycles. The molecule has 0 amide bonds. The van der Waals surface area contributed by atoms with E-state index in [1.54, 1.807) is 24.3 Å². The van der Waals surface area contributed by atoms with Crippen LogP contribution < -0.4 is 11.5 Å². The lowest BCUT2D eigenvalue weighted by atomic mass is 10.2. The number of benzene rings is 3. The molecule has 0 unspecified atom stereocenters. The summed E-state index contributed by atoms with van der Waals surface area (Å²) in [5, 5.41) is 15.2. The van der Waals surface area contributed by atoms with Crippen LogP contribution in [-0.2, 0) is 36.1 Å². The second-order valence-electron chi connectivity index (χ2n) is 10.6. The molecular weight excluding hydrogens is 658 g/mol. The van der Waals surface area contributed by atoms with Crippen LogP contribution in [0.4, 0.5) is 8.78 Å². The Bertz CT molecular complexity index is 1810. The number of sulfonamides is 2. The molecule has 2 aliphatic heterocycles. The first-order valence-electron chi connectivity index (χ1n) is 14.4. The van der Waals surface area contributed by atoms with Crippen molar-refractivity contribution < 1.29 is 40.5 Å². The van der Waals surface area contributed by atoms with Crippen LogP contribution in [0.25, 0.3) is 0 Å². The molecule has 2 aliphatic rings. The highest BCUT2D eigenvalue weighted by molar-refractivity contribution is 7.89. The molecule has 2 saturated heterocycles. The minimum Gasteiger partial charge on any atom is -0.409 e. The van der Waals surface area contributed by atoms with Gasteiger partial charge in [-0.3, -0.25) is 0 Å². The molecule has 0 radical (unpaired) electrons. The van der Waals surface area contributed by atoms with E-state index in [9.17, 15) is 30.4 Å². The number of halogens is 2. The van der Waals surface area contributed by atoms with Crippen molar-refractivity contribution in [1.29, 1.82) is 0 Å². The molecule has 0 aromatic heterocycles. The van der Waals surface area contributed by atoms with Gasteiger partial charge in [0, 0.05) is 13.1 Å². The molecule has 0 bridgehead atoms. The highest BCUT2D eigenvalue weighted by Gasteiger charge is 2.39. The Kier molecular flexibility index (Phi) is 11.6. The Hall–Kier alpha value is -4.45. The van der Waals surface area contributed by atoms with E-state index in [0.29, 0.717) is 32.2 Å². The fourth-order valence-corrected chi connectivity index (χ4v) is 8.49. The maximum atomic E-state index is 13.1. The summed E-state index contributed by atoms with van der Waals surface area (Å²) in [6.45, 7) is 0.541. The van der Waals surface area contributed by atoms with Gasteiger partial charge in [-0.15, -0.1) is 0 Å². The van der Waals surface area contributed by atoms with E-state index in [2.05, 4.69) is 10.3 Å². The first-order chi connectivity index (χ1) is 22.3. The van der Waals surface area contributed by atoms with E-state index in [1.807, 2.05) is 6.07 Å². The molecule has 2 fully saturated rings. The summed E-state index contributed by atoms with van der Waals surface area (Å²) in [5.74, 6) is -1.86. The highest BCUT2D eigenvalue weighted by atomic mass is 32.2. The summed E-state index contributed by atoms with van der Waals surface area (Å²) >= 11 is 0. The van der Waals surface area contributed by atoms with E-state index in [0.717, 1.165) is 29.8 Å². The van der Waals surface area contributed by atoms with Gasteiger partial charge in [0.05, 0.1) is 28.3 Å². The van der Waals surface area contributed by atoms with Gasteiger partial charge in [-0.1, -0.05) is 40.6 Å². The number of amidine groups is 2. The third-order valence-corrected chi connectivity index (χ3v) is 11.3. The zero-order chi connectivity index (χ0) is 34.2. The highest BCUT2D eigenvalue weighted by Crippen LogP contribution is 2.27. The average molecular weight is 693 g/mol. The number of nitrogens with two attached hydrogens (primary N) is 2. The summed E-state index contributed by atoms with van der Waals surface area (Å²) in [6, 6.07) is 16.8. The number of nitrogens with zero attached hydrogens (tertiary/aromatic N) is 4. The van der Waals surface area contributed by atoms with E-state index >= 15 is 0 Å². The topological polar surface area (TPSA) is 198 Å². The van der Waals surface area contributed by atoms with E-state index in [1.165, 1.54) is 32.9 Å². The Balaban J connectivity index is 0.000000229. The third kappa shape index (κ3) is 8.68. The van der Waals surface area contributed by atoms with Gasteiger partial charge < -0.3 is 21.5 Å². The monoisotopic (exact) mass is 692 g/mol. The lowest BCUT2D eigenvalue weighted by Gasteiger charge is -2.23. The molecular formula is C30H34F2N6O7S2. The standard InChI is InChI=1S/C19H20FN3O4S.C11H14FN3O3S/c20-15-8-10-16(11-9-15)28(25,26)23-12-4-7-17(23)19(21)22-27-18(24)13-14-5-2-1-3-6-14;12-8-3-5-9(6-4-8)19(17,18)15-7-1-2-10(15)11(13)14-16/h1-3,5-6,8-11,17H,4,7,12-13H2,(H2,21,22);3-6,10,16H,1-2,7H2,(H2,13,14)/t17-;10-/m00/s1. The van der Waals surface area contributed by atoms with Crippen LogP contribution in [0.3, 0.4) is 0 Å². The van der Waals surface area contributed by atoms with E-state index in [-0.39, 0.29) is 34.4 Å². The molecule has 0 spiro atoms. The van der Waals surface area contributed by atoms with Crippen molar-refractivity contribution in [3.05, 3.63) is 96.1 Å². The second kappa shape index (κ2) is 15.4. The lowest BCUT2D eigenvalue weighted by molar-refractivity contribution is -0.142. The fraction of sp³-hybridized carbons (Fsp3) is 0.300. The summed E-state index contributed by atoms with van der Waals surface area (Å²) in [5.41, 5.74) is 12.2. The quantitative estimate of drug-likeness (QED) is 0.0993. The molecule has 2 heterocycles. The maximum absolute atomic E-state index is 13.1. The molecule has 5 rings (SSSR count). The number of carbonyl (C=O) groups is 1. The van der Waals surface area contributed by atoms with E-state index < -0.39 is 49.7 Å². The Morgan fingerprint density at radius 2 is 1.21 bits per heavy atom. The Labute approximate surface area is 271 Å².